The molecule has 0 aliphatic rings. The van der Waals surface area contributed by atoms with Crippen LogP contribution in [0.25, 0.3) is 10.9 Å². The van der Waals surface area contributed by atoms with Gasteiger partial charge in [-0.25, -0.2) is 28.1 Å². The van der Waals surface area contributed by atoms with E-state index in [1.54, 1.807) is 42.6 Å². The fraction of sp³-hybridized carbons (Fsp3) is 0.0952. The van der Waals surface area contributed by atoms with E-state index in [-0.39, 0.29) is 5.82 Å². The van der Waals surface area contributed by atoms with Crippen molar-refractivity contribution in [3.8, 4) is 11.6 Å². The summed E-state index contributed by atoms with van der Waals surface area (Å²) in [4.78, 5) is 12.0. The molecule has 0 unspecified atom stereocenters. The molecule has 0 aliphatic carbocycles. The lowest BCUT2D eigenvalue weighted by Crippen LogP contribution is -2.06. The molecule has 8 heteroatoms. The lowest BCUT2D eigenvalue weighted by Gasteiger charge is -2.11. The molecule has 0 saturated carbocycles. The second kappa shape index (κ2) is 8.14. The highest BCUT2D eigenvalue weighted by Gasteiger charge is 2.15. The highest BCUT2D eigenvalue weighted by molar-refractivity contribution is 5.89. The molecule has 0 amide bonds. The van der Waals surface area contributed by atoms with E-state index in [0.29, 0.717) is 34.9 Å². The van der Waals surface area contributed by atoms with E-state index in [4.69, 9.17) is 4.74 Å². The van der Waals surface area contributed by atoms with Crippen LogP contribution in [0.15, 0.2) is 66.9 Å². The van der Waals surface area contributed by atoms with Gasteiger partial charge in [-0.2, -0.15) is 0 Å². The van der Waals surface area contributed by atoms with E-state index in [1.807, 2.05) is 0 Å². The van der Waals surface area contributed by atoms with E-state index in [1.165, 1.54) is 24.3 Å². The molecule has 0 atom stereocenters. The first-order valence-electron chi connectivity index (χ1n) is 8.75. The van der Waals surface area contributed by atoms with Crippen LogP contribution in [-0.4, -0.2) is 15.0 Å². The Morgan fingerprint density at radius 3 is 2.45 bits per heavy atom. The van der Waals surface area contributed by atoms with Crippen LogP contribution >= 0.6 is 0 Å². The Morgan fingerprint density at radius 2 is 1.72 bits per heavy atom. The number of rotatable bonds is 6. The number of fused-ring (bicyclic) bond motifs is 1. The number of nitrogens with one attached hydrogen (secondary N) is 1. The van der Waals surface area contributed by atoms with Gasteiger partial charge < -0.3 is 10.1 Å². The summed E-state index contributed by atoms with van der Waals surface area (Å²) in [6.45, 7) is 0.327. The maximum absolute atomic E-state index is 13.1. The summed E-state index contributed by atoms with van der Waals surface area (Å²) in [6, 6.07) is 16.0. The topological polar surface area (TPSA) is 59.9 Å². The maximum atomic E-state index is 13.1. The molecule has 2 aromatic heterocycles. The van der Waals surface area contributed by atoms with Gasteiger partial charge >= 0.3 is 0 Å². The highest BCUT2D eigenvalue weighted by Crippen LogP contribution is 2.25. The van der Waals surface area contributed by atoms with Gasteiger partial charge in [0.05, 0.1) is 5.52 Å². The fourth-order valence-electron chi connectivity index (χ4n) is 2.71. The van der Waals surface area contributed by atoms with Crippen molar-refractivity contribution >= 4 is 16.7 Å². The lowest BCUT2D eigenvalue weighted by molar-refractivity contribution is 0.141. The molecule has 2 aromatic carbocycles. The maximum Gasteiger partial charge on any atom is 0.297 e. The first kappa shape index (κ1) is 18.7. The molecular weight excluding hydrogens is 381 g/mol. The van der Waals surface area contributed by atoms with Crippen LogP contribution in [0.3, 0.4) is 0 Å². The zero-order chi connectivity index (χ0) is 20.2. The van der Waals surface area contributed by atoms with Gasteiger partial charge in [-0.15, -0.1) is 0 Å². The minimum absolute atomic E-state index is 0.327. The number of para-hydroxylation sites is 1. The average Bonchev–Trinajstić information content (AvgIpc) is 2.74. The molecule has 29 heavy (non-hydrogen) atoms. The second-order valence-corrected chi connectivity index (χ2v) is 6.16. The molecule has 0 aliphatic heterocycles. The summed E-state index contributed by atoms with van der Waals surface area (Å²) in [6.07, 6.45) is -1.16. The van der Waals surface area contributed by atoms with Gasteiger partial charge in [-0.05, 0) is 42.0 Å². The molecule has 2 heterocycles. The van der Waals surface area contributed by atoms with E-state index in [9.17, 15) is 13.2 Å². The van der Waals surface area contributed by atoms with E-state index < -0.39 is 12.2 Å². The van der Waals surface area contributed by atoms with Gasteiger partial charge in [0.25, 0.3) is 6.43 Å². The normalized spacial score (nSPS) is 11.0. The van der Waals surface area contributed by atoms with Gasteiger partial charge in [0, 0.05) is 24.2 Å². The quantitative estimate of drug-likeness (QED) is 0.466. The number of anilines is 1. The Kier molecular flexibility index (Phi) is 5.24. The third-order valence-corrected chi connectivity index (χ3v) is 4.11. The van der Waals surface area contributed by atoms with Crippen molar-refractivity contribution in [2.45, 2.75) is 13.0 Å². The third kappa shape index (κ3) is 4.43. The predicted molar refractivity (Wildman–Crippen MR) is 103 cm³/mol. The smallest absolute Gasteiger partial charge is 0.297 e. The van der Waals surface area contributed by atoms with Crippen LogP contribution in [0.5, 0.6) is 11.6 Å². The van der Waals surface area contributed by atoms with Crippen molar-refractivity contribution in [3.05, 3.63) is 84.1 Å². The van der Waals surface area contributed by atoms with Crippen LogP contribution < -0.4 is 10.1 Å². The van der Waals surface area contributed by atoms with Gasteiger partial charge in [0.1, 0.15) is 17.4 Å². The van der Waals surface area contributed by atoms with Crippen molar-refractivity contribution in [2.24, 2.45) is 0 Å². The number of alkyl halides is 2. The summed E-state index contributed by atoms with van der Waals surface area (Å²) < 4.78 is 44.7. The molecule has 0 bridgehead atoms. The number of benzene rings is 2. The van der Waals surface area contributed by atoms with Crippen LogP contribution in [-0.2, 0) is 6.54 Å². The molecule has 0 radical (unpaired) electrons. The van der Waals surface area contributed by atoms with Gasteiger partial charge in [-0.1, -0.05) is 18.2 Å². The molecular formula is C21H15F3N4O. The zero-order valence-electron chi connectivity index (χ0n) is 15.0. The molecule has 1 N–H and O–H groups in total. The zero-order valence-corrected chi connectivity index (χ0v) is 15.0. The van der Waals surface area contributed by atoms with Gasteiger partial charge in [-0.3, -0.25) is 0 Å². The Bertz CT molecular complexity index is 1120. The Morgan fingerprint density at radius 1 is 0.931 bits per heavy atom. The summed E-state index contributed by atoms with van der Waals surface area (Å²) in [7, 11) is 0. The molecule has 5 nitrogen and oxygen atoms in total. The number of halogens is 3. The van der Waals surface area contributed by atoms with E-state index in [0.717, 1.165) is 5.56 Å². The van der Waals surface area contributed by atoms with E-state index in [2.05, 4.69) is 20.3 Å². The summed E-state index contributed by atoms with van der Waals surface area (Å²) in [5.41, 5.74) is 1.25. The fourth-order valence-corrected chi connectivity index (χ4v) is 2.71. The van der Waals surface area contributed by atoms with Crippen LogP contribution in [0.2, 0.25) is 0 Å². The second-order valence-electron chi connectivity index (χ2n) is 6.16. The summed E-state index contributed by atoms with van der Waals surface area (Å²) in [5.74, 6) is 0.286. The SMILES string of the molecule is Fc1ccc(Oc2ccc(CNc3nc(C(F)F)nc4ccccc34)cn2)cc1. The number of hydrogen-bond acceptors (Lipinski definition) is 5. The molecule has 4 aromatic rings. The highest BCUT2D eigenvalue weighted by atomic mass is 19.3. The van der Waals surface area contributed by atoms with Crippen molar-refractivity contribution < 1.29 is 17.9 Å². The van der Waals surface area contributed by atoms with Crippen LogP contribution in [0.1, 0.15) is 17.8 Å². The predicted octanol–water partition coefficient (Wildman–Crippen LogP) is 5.51. The Labute approximate surface area is 164 Å². The number of hydrogen-bond donors (Lipinski definition) is 1. The monoisotopic (exact) mass is 396 g/mol. The van der Waals surface area contributed by atoms with Crippen molar-refractivity contribution in [1.82, 2.24) is 15.0 Å². The summed E-state index contributed by atoms with van der Waals surface area (Å²) >= 11 is 0. The first-order chi connectivity index (χ1) is 14.1. The number of pyridine rings is 1. The van der Waals surface area contributed by atoms with Crippen molar-refractivity contribution in [3.63, 3.8) is 0 Å². The minimum Gasteiger partial charge on any atom is -0.439 e. The van der Waals surface area contributed by atoms with E-state index >= 15 is 0 Å². The van der Waals surface area contributed by atoms with Crippen LogP contribution in [0.4, 0.5) is 19.0 Å². The number of aromatic nitrogens is 3. The van der Waals surface area contributed by atoms with Crippen LogP contribution in [0, 0.1) is 5.82 Å². The Hall–Kier alpha value is -3.68. The number of ether oxygens (including phenoxy) is 1. The van der Waals surface area contributed by atoms with Gasteiger partial charge in [0.2, 0.25) is 5.88 Å². The minimum atomic E-state index is -2.76. The standard InChI is InChI=1S/C21H15F3N4O/c22-14-6-8-15(9-7-14)29-18-10-5-13(11-25-18)12-26-20-16-3-1-2-4-17(16)27-21(28-20)19(23)24/h1-11,19H,12H2,(H,26,27,28). The van der Waals surface area contributed by atoms with Crippen molar-refractivity contribution in [1.29, 1.82) is 0 Å². The molecule has 0 spiro atoms. The van der Waals surface area contributed by atoms with Gasteiger partial charge in [0.15, 0.2) is 5.82 Å². The first-order valence-corrected chi connectivity index (χ1v) is 8.75. The summed E-state index contributed by atoms with van der Waals surface area (Å²) in [5, 5.41) is 3.72. The average molecular weight is 396 g/mol. The molecule has 0 saturated heterocycles. The molecule has 4 rings (SSSR count). The molecule has 0 fully saturated rings. The number of nitrogens with zero attached hydrogens (tertiary/aromatic N) is 3. The largest absolute Gasteiger partial charge is 0.439 e. The Balaban J connectivity index is 1.48. The third-order valence-electron chi connectivity index (χ3n) is 4.11. The molecule has 146 valence electrons. The lowest BCUT2D eigenvalue weighted by atomic mass is 10.2. The van der Waals surface area contributed by atoms with Crippen molar-refractivity contribution in [2.75, 3.05) is 5.32 Å².